The standard InChI is InChI=1S/C16H19BrOS/c1-5-12-6-7-19-16(12)14(17)13-8-10(2)15(18-4)11(3)9-13/h6-9,14H,5H2,1-4H3. The van der Waals surface area contributed by atoms with Crippen LogP contribution in [0.5, 0.6) is 5.75 Å². The SMILES string of the molecule is CCc1ccsc1C(Br)c1cc(C)c(OC)c(C)c1. The molecule has 2 aromatic rings. The van der Waals surface area contributed by atoms with Gasteiger partial charge < -0.3 is 4.74 Å². The van der Waals surface area contributed by atoms with Crippen LogP contribution in [-0.4, -0.2) is 7.11 Å². The number of hydrogen-bond donors (Lipinski definition) is 0. The second kappa shape index (κ2) is 6.10. The number of ether oxygens (including phenoxy) is 1. The molecule has 2 rings (SSSR count). The van der Waals surface area contributed by atoms with Gasteiger partial charge in [0.15, 0.2) is 0 Å². The van der Waals surface area contributed by atoms with Crippen molar-refractivity contribution in [2.75, 3.05) is 7.11 Å². The lowest BCUT2D eigenvalue weighted by Crippen LogP contribution is -1.98. The molecule has 1 nitrogen and oxygen atoms in total. The summed E-state index contributed by atoms with van der Waals surface area (Å²) in [6.07, 6.45) is 1.08. The quantitative estimate of drug-likeness (QED) is 0.676. The average Bonchev–Trinajstić information content (AvgIpc) is 2.85. The van der Waals surface area contributed by atoms with E-state index in [4.69, 9.17) is 4.74 Å². The van der Waals surface area contributed by atoms with Crippen LogP contribution in [-0.2, 0) is 6.42 Å². The van der Waals surface area contributed by atoms with Crippen molar-refractivity contribution in [3.05, 3.63) is 50.7 Å². The van der Waals surface area contributed by atoms with Gasteiger partial charge in [0.25, 0.3) is 0 Å². The number of halogens is 1. The number of benzene rings is 1. The fourth-order valence-corrected chi connectivity index (χ4v) is 4.35. The van der Waals surface area contributed by atoms with Crippen molar-refractivity contribution in [2.24, 2.45) is 0 Å². The van der Waals surface area contributed by atoms with Crippen molar-refractivity contribution >= 4 is 27.3 Å². The fourth-order valence-electron chi connectivity index (χ4n) is 2.47. The van der Waals surface area contributed by atoms with Crippen LogP contribution in [0.4, 0.5) is 0 Å². The van der Waals surface area contributed by atoms with Gasteiger partial charge in [0.1, 0.15) is 5.75 Å². The zero-order chi connectivity index (χ0) is 14.0. The Balaban J connectivity index is 2.42. The predicted octanol–water partition coefficient (Wildman–Crippen LogP) is 5.42. The molecule has 1 aromatic heterocycles. The van der Waals surface area contributed by atoms with E-state index in [1.54, 1.807) is 7.11 Å². The number of aryl methyl sites for hydroxylation is 3. The van der Waals surface area contributed by atoms with Crippen LogP contribution in [0.1, 0.15) is 38.9 Å². The zero-order valence-corrected chi connectivity index (χ0v) is 14.2. The lowest BCUT2D eigenvalue weighted by molar-refractivity contribution is 0.408. The van der Waals surface area contributed by atoms with Gasteiger partial charge in [0.05, 0.1) is 11.9 Å². The molecule has 3 heteroatoms. The lowest BCUT2D eigenvalue weighted by atomic mass is 10.0. The molecule has 0 amide bonds. The Hall–Kier alpha value is -0.800. The highest BCUT2D eigenvalue weighted by Crippen LogP contribution is 2.39. The summed E-state index contributed by atoms with van der Waals surface area (Å²) in [6.45, 7) is 6.41. The Kier molecular flexibility index (Phi) is 4.69. The van der Waals surface area contributed by atoms with Crippen LogP contribution in [0.2, 0.25) is 0 Å². The van der Waals surface area contributed by atoms with Crippen LogP contribution in [0.3, 0.4) is 0 Å². The second-order valence-electron chi connectivity index (χ2n) is 4.71. The van der Waals surface area contributed by atoms with Crippen LogP contribution in [0.25, 0.3) is 0 Å². The number of alkyl halides is 1. The van der Waals surface area contributed by atoms with Crippen LogP contribution in [0, 0.1) is 13.8 Å². The van der Waals surface area contributed by atoms with Gasteiger partial charge in [-0.1, -0.05) is 35.0 Å². The summed E-state index contributed by atoms with van der Waals surface area (Å²) in [7, 11) is 1.73. The van der Waals surface area contributed by atoms with E-state index in [0.717, 1.165) is 12.2 Å². The summed E-state index contributed by atoms with van der Waals surface area (Å²) in [5.74, 6) is 0.991. The lowest BCUT2D eigenvalue weighted by Gasteiger charge is -2.15. The first kappa shape index (κ1) is 14.6. The molecular weight excluding hydrogens is 320 g/mol. The first-order valence-electron chi connectivity index (χ1n) is 6.44. The summed E-state index contributed by atoms with van der Waals surface area (Å²) in [6, 6.07) is 6.65. The molecule has 0 radical (unpaired) electrons. The van der Waals surface area contributed by atoms with Crippen molar-refractivity contribution in [3.63, 3.8) is 0 Å². The van der Waals surface area contributed by atoms with Crippen molar-refractivity contribution in [3.8, 4) is 5.75 Å². The molecule has 0 bridgehead atoms. The summed E-state index contributed by atoms with van der Waals surface area (Å²) in [5.41, 5.74) is 5.11. The monoisotopic (exact) mass is 338 g/mol. The third-order valence-electron chi connectivity index (χ3n) is 3.37. The Morgan fingerprint density at radius 1 is 1.26 bits per heavy atom. The molecule has 1 atom stereocenters. The van der Waals surface area contributed by atoms with Crippen molar-refractivity contribution in [2.45, 2.75) is 32.0 Å². The minimum Gasteiger partial charge on any atom is -0.496 e. The van der Waals surface area contributed by atoms with Gasteiger partial charge in [-0.3, -0.25) is 0 Å². The normalized spacial score (nSPS) is 12.5. The van der Waals surface area contributed by atoms with Crippen LogP contribution < -0.4 is 4.74 Å². The zero-order valence-electron chi connectivity index (χ0n) is 11.8. The summed E-state index contributed by atoms with van der Waals surface area (Å²) in [4.78, 5) is 1.68. The first-order chi connectivity index (χ1) is 9.08. The third kappa shape index (κ3) is 2.87. The number of hydrogen-bond acceptors (Lipinski definition) is 2. The topological polar surface area (TPSA) is 9.23 Å². The maximum absolute atomic E-state index is 5.43. The molecule has 0 saturated heterocycles. The average molecular weight is 339 g/mol. The van der Waals surface area contributed by atoms with E-state index < -0.39 is 0 Å². The Morgan fingerprint density at radius 2 is 1.89 bits per heavy atom. The predicted molar refractivity (Wildman–Crippen MR) is 86.9 cm³/mol. The maximum atomic E-state index is 5.43. The summed E-state index contributed by atoms with van der Waals surface area (Å²) in [5, 5.41) is 2.17. The van der Waals surface area contributed by atoms with E-state index in [1.807, 2.05) is 11.3 Å². The maximum Gasteiger partial charge on any atom is 0.124 e. The van der Waals surface area contributed by atoms with Crippen molar-refractivity contribution in [1.29, 1.82) is 0 Å². The number of rotatable bonds is 4. The van der Waals surface area contributed by atoms with E-state index in [2.05, 4.69) is 60.3 Å². The fraction of sp³-hybridized carbons (Fsp3) is 0.375. The Morgan fingerprint density at radius 3 is 2.42 bits per heavy atom. The molecule has 19 heavy (non-hydrogen) atoms. The van der Waals surface area contributed by atoms with E-state index in [9.17, 15) is 0 Å². The second-order valence-corrected chi connectivity index (χ2v) is 6.58. The van der Waals surface area contributed by atoms with Crippen molar-refractivity contribution in [1.82, 2.24) is 0 Å². The van der Waals surface area contributed by atoms with Gasteiger partial charge in [-0.05, 0) is 54.0 Å². The van der Waals surface area contributed by atoms with Crippen LogP contribution >= 0.6 is 27.3 Å². The molecule has 1 aromatic carbocycles. The van der Waals surface area contributed by atoms with E-state index >= 15 is 0 Å². The smallest absolute Gasteiger partial charge is 0.124 e. The molecule has 0 aliphatic heterocycles. The molecule has 0 saturated carbocycles. The molecule has 1 heterocycles. The first-order valence-corrected chi connectivity index (χ1v) is 8.23. The highest BCUT2D eigenvalue weighted by atomic mass is 79.9. The van der Waals surface area contributed by atoms with Gasteiger partial charge >= 0.3 is 0 Å². The Bertz CT molecular complexity index is 551. The van der Waals surface area contributed by atoms with E-state index in [1.165, 1.54) is 27.1 Å². The third-order valence-corrected chi connectivity index (χ3v) is 5.68. The van der Waals surface area contributed by atoms with Gasteiger partial charge in [-0.25, -0.2) is 0 Å². The molecule has 102 valence electrons. The molecule has 0 spiro atoms. The summed E-state index contributed by atoms with van der Waals surface area (Å²) < 4.78 is 5.43. The summed E-state index contributed by atoms with van der Waals surface area (Å²) >= 11 is 5.67. The van der Waals surface area contributed by atoms with E-state index in [-0.39, 0.29) is 4.83 Å². The minimum atomic E-state index is 0.269. The molecule has 1 unspecified atom stereocenters. The highest BCUT2D eigenvalue weighted by molar-refractivity contribution is 9.09. The van der Waals surface area contributed by atoms with Crippen LogP contribution in [0.15, 0.2) is 23.6 Å². The van der Waals surface area contributed by atoms with Gasteiger partial charge in [-0.15, -0.1) is 11.3 Å². The minimum absolute atomic E-state index is 0.269. The number of methoxy groups -OCH3 is 1. The molecule has 0 N–H and O–H groups in total. The van der Waals surface area contributed by atoms with Gasteiger partial charge in [0.2, 0.25) is 0 Å². The largest absolute Gasteiger partial charge is 0.496 e. The molecule has 0 aliphatic carbocycles. The molecule has 0 fully saturated rings. The van der Waals surface area contributed by atoms with Gasteiger partial charge in [0, 0.05) is 4.88 Å². The Labute approximate surface area is 127 Å². The van der Waals surface area contributed by atoms with Gasteiger partial charge in [-0.2, -0.15) is 0 Å². The number of thiophene rings is 1. The highest BCUT2D eigenvalue weighted by Gasteiger charge is 2.17. The molecular formula is C16H19BrOS. The van der Waals surface area contributed by atoms with E-state index in [0.29, 0.717) is 0 Å². The molecule has 0 aliphatic rings. The van der Waals surface area contributed by atoms with Crippen molar-refractivity contribution < 1.29 is 4.74 Å².